The summed E-state index contributed by atoms with van der Waals surface area (Å²) in [4.78, 5) is 6.15. The molecule has 1 aliphatic carbocycles. The maximum absolute atomic E-state index is 6.30. The number of fused-ring (bicyclic) bond motifs is 1. The molecule has 18 heavy (non-hydrogen) atoms. The second-order valence-electron chi connectivity index (χ2n) is 5.95. The number of aromatic nitrogens is 1. The number of hydrogen-bond acceptors (Lipinski definition) is 4. The summed E-state index contributed by atoms with van der Waals surface area (Å²) >= 11 is 3.53. The van der Waals surface area contributed by atoms with Crippen LogP contribution in [0.3, 0.4) is 0 Å². The molecule has 1 aliphatic rings. The maximum atomic E-state index is 6.30. The molecule has 0 aliphatic heterocycles. The minimum absolute atomic E-state index is 0.161. The Labute approximate surface area is 116 Å². The molecule has 0 saturated carbocycles. The van der Waals surface area contributed by atoms with Crippen LogP contribution in [0.5, 0.6) is 0 Å². The van der Waals surface area contributed by atoms with Crippen molar-refractivity contribution >= 4 is 22.7 Å². The summed E-state index contributed by atoms with van der Waals surface area (Å²) < 4.78 is 0. The number of thiazole rings is 1. The highest BCUT2D eigenvalue weighted by Crippen LogP contribution is 2.44. The van der Waals surface area contributed by atoms with Crippen molar-refractivity contribution in [3.8, 4) is 10.6 Å². The van der Waals surface area contributed by atoms with Gasteiger partial charge in [-0.05, 0) is 36.1 Å². The van der Waals surface area contributed by atoms with E-state index in [4.69, 9.17) is 10.7 Å². The van der Waals surface area contributed by atoms with Gasteiger partial charge in [0.1, 0.15) is 5.01 Å². The van der Waals surface area contributed by atoms with Gasteiger partial charge in [-0.1, -0.05) is 13.8 Å². The third-order valence-corrected chi connectivity index (χ3v) is 5.69. The van der Waals surface area contributed by atoms with Gasteiger partial charge >= 0.3 is 0 Å². The lowest BCUT2D eigenvalue weighted by atomic mass is 9.77. The zero-order valence-electron chi connectivity index (χ0n) is 11.0. The molecule has 2 heterocycles. The lowest BCUT2D eigenvalue weighted by Crippen LogP contribution is -2.28. The summed E-state index contributed by atoms with van der Waals surface area (Å²) in [5.74, 6) is 0. The molecule has 1 unspecified atom stereocenters. The molecule has 0 saturated heterocycles. The van der Waals surface area contributed by atoms with E-state index in [1.54, 1.807) is 22.7 Å². The van der Waals surface area contributed by atoms with Crippen molar-refractivity contribution in [2.75, 3.05) is 0 Å². The Morgan fingerprint density at radius 3 is 2.83 bits per heavy atom. The second kappa shape index (κ2) is 4.15. The van der Waals surface area contributed by atoms with Crippen molar-refractivity contribution in [1.29, 1.82) is 0 Å². The highest BCUT2D eigenvalue weighted by Gasteiger charge is 2.33. The first kappa shape index (κ1) is 12.3. The average Bonchev–Trinajstić information content (AvgIpc) is 2.82. The summed E-state index contributed by atoms with van der Waals surface area (Å²) in [6.07, 6.45) is 2.11. The third-order valence-electron chi connectivity index (χ3n) is 3.57. The first-order valence-corrected chi connectivity index (χ1v) is 8.00. The normalized spacial score (nSPS) is 21.9. The number of nitrogens with zero attached hydrogens (tertiary/aromatic N) is 1. The molecule has 0 fully saturated rings. The van der Waals surface area contributed by atoms with Gasteiger partial charge in [-0.2, -0.15) is 11.3 Å². The summed E-state index contributed by atoms with van der Waals surface area (Å²) in [6.45, 7) is 6.71. The number of nitrogens with two attached hydrogens (primary N) is 1. The van der Waals surface area contributed by atoms with Gasteiger partial charge in [0.2, 0.25) is 0 Å². The molecular weight excluding hydrogens is 260 g/mol. The highest BCUT2D eigenvalue weighted by atomic mass is 32.1. The van der Waals surface area contributed by atoms with E-state index in [1.165, 1.54) is 21.7 Å². The predicted molar refractivity (Wildman–Crippen MR) is 79.2 cm³/mol. The van der Waals surface area contributed by atoms with Gasteiger partial charge in [-0.3, -0.25) is 0 Å². The van der Waals surface area contributed by atoms with Crippen LogP contribution in [-0.2, 0) is 6.42 Å². The summed E-state index contributed by atoms with van der Waals surface area (Å²) in [5, 5.41) is 5.52. The third kappa shape index (κ3) is 2.02. The first-order valence-electron chi connectivity index (χ1n) is 6.25. The Balaban J connectivity index is 2.06. The van der Waals surface area contributed by atoms with Gasteiger partial charge in [-0.25, -0.2) is 4.98 Å². The van der Waals surface area contributed by atoms with Crippen molar-refractivity contribution in [2.24, 2.45) is 11.1 Å². The topological polar surface area (TPSA) is 38.9 Å². The van der Waals surface area contributed by atoms with Crippen LogP contribution >= 0.6 is 22.7 Å². The van der Waals surface area contributed by atoms with Gasteiger partial charge < -0.3 is 5.73 Å². The molecule has 1 atom stereocenters. The molecule has 0 radical (unpaired) electrons. The molecule has 0 aromatic carbocycles. The molecule has 2 nitrogen and oxygen atoms in total. The monoisotopic (exact) mass is 278 g/mol. The highest BCUT2D eigenvalue weighted by molar-refractivity contribution is 7.16. The predicted octanol–water partition coefficient (Wildman–Crippen LogP) is 4.15. The fourth-order valence-corrected chi connectivity index (χ4v) is 4.76. The van der Waals surface area contributed by atoms with E-state index in [2.05, 4.69) is 31.5 Å². The molecule has 4 heteroatoms. The van der Waals surface area contributed by atoms with Crippen LogP contribution in [0.2, 0.25) is 0 Å². The van der Waals surface area contributed by atoms with E-state index >= 15 is 0 Å². The maximum Gasteiger partial charge on any atom is 0.125 e. The summed E-state index contributed by atoms with van der Waals surface area (Å²) in [7, 11) is 0. The minimum Gasteiger partial charge on any atom is -0.323 e. The van der Waals surface area contributed by atoms with E-state index in [0.717, 1.165) is 17.8 Å². The largest absolute Gasteiger partial charge is 0.323 e. The number of hydrogen-bond donors (Lipinski definition) is 1. The quantitative estimate of drug-likeness (QED) is 0.851. The second-order valence-corrected chi connectivity index (χ2v) is 7.72. The van der Waals surface area contributed by atoms with E-state index < -0.39 is 0 Å². The van der Waals surface area contributed by atoms with E-state index in [9.17, 15) is 0 Å². The molecule has 0 spiro atoms. The zero-order chi connectivity index (χ0) is 12.9. The molecular formula is C14H18N2S2. The Morgan fingerprint density at radius 2 is 2.17 bits per heavy atom. The van der Waals surface area contributed by atoms with Crippen molar-refractivity contribution in [3.63, 3.8) is 0 Å². The molecule has 2 N–H and O–H groups in total. The summed E-state index contributed by atoms with van der Waals surface area (Å²) in [5.41, 5.74) is 10.4. The standard InChI is InChI=1S/C14H18N2S2/c1-8-6-17-7-9(8)13-16-11-5-14(2,3)4-10(15)12(11)18-13/h6-7,10H,4-5,15H2,1-3H3. The fraction of sp³-hybridized carbons (Fsp3) is 0.500. The lowest BCUT2D eigenvalue weighted by Gasteiger charge is -2.32. The Kier molecular flexibility index (Phi) is 2.84. The number of thiophene rings is 1. The number of aryl methyl sites for hydroxylation is 1. The average molecular weight is 278 g/mol. The van der Waals surface area contributed by atoms with Crippen molar-refractivity contribution in [3.05, 3.63) is 26.9 Å². The van der Waals surface area contributed by atoms with Crippen LogP contribution in [-0.4, -0.2) is 4.98 Å². The van der Waals surface area contributed by atoms with Gasteiger partial charge in [0, 0.05) is 21.9 Å². The van der Waals surface area contributed by atoms with Crippen LogP contribution in [0, 0.1) is 12.3 Å². The minimum atomic E-state index is 0.161. The molecule has 2 aromatic heterocycles. The Hall–Kier alpha value is -0.710. The Morgan fingerprint density at radius 1 is 1.39 bits per heavy atom. The smallest absolute Gasteiger partial charge is 0.125 e. The lowest BCUT2D eigenvalue weighted by molar-refractivity contribution is 0.282. The molecule has 2 aromatic rings. The molecule has 0 amide bonds. The van der Waals surface area contributed by atoms with Crippen LogP contribution < -0.4 is 5.73 Å². The van der Waals surface area contributed by atoms with E-state index in [-0.39, 0.29) is 11.5 Å². The first-order chi connectivity index (χ1) is 8.46. The molecule has 0 bridgehead atoms. The fourth-order valence-electron chi connectivity index (χ4n) is 2.69. The van der Waals surface area contributed by atoms with E-state index in [0.29, 0.717) is 0 Å². The molecule has 3 rings (SSSR count). The van der Waals surface area contributed by atoms with Crippen molar-refractivity contribution < 1.29 is 0 Å². The van der Waals surface area contributed by atoms with Crippen molar-refractivity contribution in [1.82, 2.24) is 4.98 Å². The van der Waals surface area contributed by atoms with Crippen LogP contribution in [0.4, 0.5) is 0 Å². The van der Waals surface area contributed by atoms with Gasteiger partial charge in [0.25, 0.3) is 0 Å². The van der Waals surface area contributed by atoms with E-state index in [1.807, 2.05) is 0 Å². The van der Waals surface area contributed by atoms with Crippen LogP contribution in [0.1, 0.15) is 42.4 Å². The van der Waals surface area contributed by atoms with Gasteiger partial charge in [0.15, 0.2) is 0 Å². The van der Waals surface area contributed by atoms with Crippen LogP contribution in [0.15, 0.2) is 10.8 Å². The summed E-state index contributed by atoms with van der Waals surface area (Å²) in [6, 6.07) is 0.161. The van der Waals surface area contributed by atoms with Crippen molar-refractivity contribution in [2.45, 2.75) is 39.7 Å². The van der Waals surface area contributed by atoms with Gasteiger partial charge in [-0.15, -0.1) is 11.3 Å². The zero-order valence-corrected chi connectivity index (χ0v) is 12.6. The SMILES string of the molecule is Cc1cscc1-c1nc2c(s1)C(N)CC(C)(C)C2. The Bertz CT molecular complexity index is 580. The van der Waals surface area contributed by atoms with Crippen LogP contribution in [0.25, 0.3) is 10.6 Å². The number of rotatable bonds is 1. The molecule has 96 valence electrons. The van der Waals surface area contributed by atoms with Gasteiger partial charge in [0.05, 0.1) is 5.69 Å².